The lowest BCUT2D eigenvalue weighted by atomic mass is 10.2. The summed E-state index contributed by atoms with van der Waals surface area (Å²) in [6, 6.07) is 4.46. The number of ether oxygens (including phenoxy) is 1. The molecule has 2 aromatic rings. The summed E-state index contributed by atoms with van der Waals surface area (Å²) < 4.78 is 31.7. The largest absolute Gasteiger partial charge is 0.378 e. The summed E-state index contributed by atoms with van der Waals surface area (Å²) in [4.78, 5) is 22.2. The van der Waals surface area contributed by atoms with Crippen molar-refractivity contribution in [2.75, 3.05) is 36.5 Å². The molecule has 1 aliphatic heterocycles. The van der Waals surface area contributed by atoms with Gasteiger partial charge in [-0.1, -0.05) is 0 Å². The summed E-state index contributed by atoms with van der Waals surface area (Å²) in [5, 5.41) is 2.37. The fourth-order valence-corrected chi connectivity index (χ4v) is 2.21. The Morgan fingerprint density at radius 3 is 2.70 bits per heavy atom. The number of hydrogen-bond donors (Lipinski definition) is 1. The number of anilines is 2. The standard InChI is InChI=1S/C15H14F2N4O2/c16-10-1-2-12(11(17)7-10)20-15(22)13-8-14(19-9-18-13)21-3-5-23-6-4-21/h1-2,7-9H,3-6H2,(H,20,22). The molecule has 0 saturated carbocycles. The zero-order chi connectivity index (χ0) is 16.2. The van der Waals surface area contributed by atoms with Gasteiger partial charge in [0.05, 0.1) is 18.9 Å². The molecular weight excluding hydrogens is 306 g/mol. The van der Waals surface area contributed by atoms with Crippen molar-refractivity contribution < 1.29 is 18.3 Å². The lowest BCUT2D eigenvalue weighted by molar-refractivity contribution is 0.102. The van der Waals surface area contributed by atoms with E-state index in [2.05, 4.69) is 15.3 Å². The van der Waals surface area contributed by atoms with Crippen LogP contribution in [0.2, 0.25) is 0 Å². The van der Waals surface area contributed by atoms with Gasteiger partial charge in [0.2, 0.25) is 0 Å². The first-order valence-corrected chi connectivity index (χ1v) is 7.04. The van der Waals surface area contributed by atoms with E-state index in [9.17, 15) is 13.6 Å². The molecule has 1 aliphatic rings. The van der Waals surface area contributed by atoms with E-state index in [1.54, 1.807) is 0 Å². The Morgan fingerprint density at radius 1 is 1.17 bits per heavy atom. The van der Waals surface area contributed by atoms with Crippen LogP contribution in [0.1, 0.15) is 10.5 Å². The summed E-state index contributed by atoms with van der Waals surface area (Å²) >= 11 is 0. The first kappa shape index (κ1) is 15.3. The maximum absolute atomic E-state index is 13.6. The highest BCUT2D eigenvalue weighted by molar-refractivity contribution is 6.03. The van der Waals surface area contributed by atoms with E-state index < -0.39 is 17.5 Å². The van der Waals surface area contributed by atoms with Gasteiger partial charge in [0.25, 0.3) is 5.91 Å². The smallest absolute Gasteiger partial charge is 0.274 e. The van der Waals surface area contributed by atoms with Gasteiger partial charge in [-0.25, -0.2) is 18.7 Å². The Kier molecular flexibility index (Phi) is 4.42. The first-order valence-electron chi connectivity index (χ1n) is 7.04. The lowest BCUT2D eigenvalue weighted by Gasteiger charge is -2.27. The molecule has 0 aliphatic carbocycles. The van der Waals surface area contributed by atoms with Crippen molar-refractivity contribution in [3.05, 3.63) is 47.9 Å². The van der Waals surface area contributed by atoms with E-state index in [1.165, 1.54) is 12.4 Å². The van der Waals surface area contributed by atoms with Crippen LogP contribution in [0.4, 0.5) is 20.3 Å². The zero-order valence-corrected chi connectivity index (χ0v) is 12.1. The Hall–Kier alpha value is -2.61. The Labute approximate surface area is 131 Å². The van der Waals surface area contributed by atoms with E-state index in [0.29, 0.717) is 38.2 Å². The minimum absolute atomic E-state index is 0.102. The molecule has 6 nitrogen and oxygen atoms in total. The molecular formula is C15H14F2N4O2. The molecule has 0 unspecified atom stereocenters. The Balaban J connectivity index is 1.76. The lowest BCUT2D eigenvalue weighted by Crippen LogP contribution is -2.37. The third-order valence-electron chi connectivity index (χ3n) is 3.40. The number of halogens is 2. The van der Waals surface area contributed by atoms with Crippen molar-refractivity contribution in [1.82, 2.24) is 9.97 Å². The molecule has 1 N–H and O–H groups in total. The fourth-order valence-electron chi connectivity index (χ4n) is 2.21. The van der Waals surface area contributed by atoms with Crippen molar-refractivity contribution in [1.29, 1.82) is 0 Å². The molecule has 1 amide bonds. The second kappa shape index (κ2) is 6.66. The average Bonchev–Trinajstić information content (AvgIpc) is 2.58. The van der Waals surface area contributed by atoms with Gasteiger partial charge < -0.3 is 15.0 Å². The van der Waals surface area contributed by atoms with E-state index in [-0.39, 0.29) is 11.4 Å². The zero-order valence-electron chi connectivity index (χ0n) is 12.1. The van der Waals surface area contributed by atoms with E-state index in [4.69, 9.17) is 4.74 Å². The molecule has 2 heterocycles. The van der Waals surface area contributed by atoms with Crippen LogP contribution in [-0.4, -0.2) is 42.2 Å². The van der Waals surface area contributed by atoms with Gasteiger partial charge >= 0.3 is 0 Å². The van der Waals surface area contributed by atoms with Crippen molar-refractivity contribution >= 4 is 17.4 Å². The van der Waals surface area contributed by atoms with Crippen LogP contribution in [0.5, 0.6) is 0 Å². The molecule has 0 spiro atoms. The number of rotatable bonds is 3. The van der Waals surface area contributed by atoms with E-state index >= 15 is 0 Å². The predicted octanol–water partition coefficient (Wildman–Crippen LogP) is 1.84. The van der Waals surface area contributed by atoms with Crippen LogP contribution in [-0.2, 0) is 4.74 Å². The van der Waals surface area contributed by atoms with Gasteiger partial charge in [0, 0.05) is 25.2 Å². The number of nitrogens with zero attached hydrogens (tertiary/aromatic N) is 3. The summed E-state index contributed by atoms with van der Waals surface area (Å²) in [6.45, 7) is 2.52. The number of morpholine rings is 1. The number of nitrogens with one attached hydrogen (secondary N) is 1. The quantitative estimate of drug-likeness (QED) is 0.935. The van der Waals surface area contributed by atoms with Crippen LogP contribution in [0.15, 0.2) is 30.6 Å². The van der Waals surface area contributed by atoms with Crippen LogP contribution < -0.4 is 10.2 Å². The second-order valence-electron chi connectivity index (χ2n) is 4.94. The molecule has 0 bridgehead atoms. The number of hydrogen-bond acceptors (Lipinski definition) is 5. The molecule has 8 heteroatoms. The highest BCUT2D eigenvalue weighted by atomic mass is 19.1. The Bertz CT molecular complexity index is 720. The van der Waals surface area contributed by atoms with Gasteiger partial charge in [-0.05, 0) is 12.1 Å². The van der Waals surface area contributed by atoms with Gasteiger partial charge in [0.1, 0.15) is 29.5 Å². The van der Waals surface area contributed by atoms with Crippen molar-refractivity contribution in [2.24, 2.45) is 0 Å². The third kappa shape index (κ3) is 3.59. The van der Waals surface area contributed by atoms with Crippen LogP contribution in [0.25, 0.3) is 0 Å². The summed E-state index contributed by atoms with van der Waals surface area (Å²) in [7, 11) is 0. The van der Waals surface area contributed by atoms with E-state index in [1.807, 2.05) is 4.90 Å². The number of aromatic nitrogens is 2. The summed E-state index contributed by atoms with van der Waals surface area (Å²) in [6.07, 6.45) is 1.28. The van der Waals surface area contributed by atoms with Crippen LogP contribution in [0.3, 0.4) is 0 Å². The minimum atomic E-state index is -0.846. The predicted molar refractivity (Wildman–Crippen MR) is 79.4 cm³/mol. The van der Waals surface area contributed by atoms with Gasteiger partial charge in [-0.2, -0.15) is 0 Å². The van der Waals surface area contributed by atoms with Crippen LogP contribution >= 0.6 is 0 Å². The fraction of sp³-hybridized carbons (Fsp3) is 0.267. The van der Waals surface area contributed by atoms with Crippen LogP contribution in [0, 0.1) is 11.6 Å². The summed E-state index contributed by atoms with van der Waals surface area (Å²) in [5.41, 5.74) is -0.00634. The number of benzene rings is 1. The van der Waals surface area contributed by atoms with Gasteiger partial charge in [-0.3, -0.25) is 4.79 Å². The Morgan fingerprint density at radius 2 is 1.96 bits per heavy atom. The maximum atomic E-state index is 13.6. The molecule has 1 fully saturated rings. The molecule has 0 atom stereocenters. The molecule has 23 heavy (non-hydrogen) atoms. The molecule has 0 radical (unpaired) electrons. The highest BCUT2D eigenvalue weighted by Crippen LogP contribution is 2.17. The van der Waals surface area contributed by atoms with Gasteiger partial charge in [-0.15, -0.1) is 0 Å². The number of carbonyl (C=O) groups is 1. The monoisotopic (exact) mass is 320 g/mol. The molecule has 1 saturated heterocycles. The SMILES string of the molecule is O=C(Nc1ccc(F)cc1F)c1cc(N2CCOCC2)ncn1. The molecule has 3 rings (SSSR count). The normalized spacial score (nSPS) is 14.6. The molecule has 1 aromatic heterocycles. The second-order valence-corrected chi connectivity index (χ2v) is 4.94. The number of carbonyl (C=O) groups excluding carboxylic acids is 1. The minimum Gasteiger partial charge on any atom is -0.378 e. The summed E-state index contributed by atoms with van der Waals surface area (Å²) in [5.74, 6) is -1.54. The topological polar surface area (TPSA) is 67.4 Å². The third-order valence-corrected chi connectivity index (χ3v) is 3.40. The van der Waals surface area contributed by atoms with E-state index in [0.717, 1.165) is 12.1 Å². The number of amides is 1. The molecule has 120 valence electrons. The maximum Gasteiger partial charge on any atom is 0.274 e. The van der Waals surface area contributed by atoms with Crippen molar-refractivity contribution in [2.45, 2.75) is 0 Å². The average molecular weight is 320 g/mol. The highest BCUT2D eigenvalue weighted by Gasteiger charge is 2.16. The van der Waals surface area contributed by atoms with Crippen molar-refractivity contribution in [3.63, 3.8) is 0 Å². The first-order chi connectivity index (χ1) is 11.1. The van der Waals surface area contributed by atoms with Gasteiger partial charge in [0.15, 0.2) is 0 Å². The molecule has 1 aromatic carbocycles. The van der Waals surface area contributed by atoms with Crippen molar-refractivity contribution in [3.8, 4) is 0 Å².